The van der Waals surface area contributed by atoms with Gasteiger partial charge in [-0.15, -0.1) is 0 Å². The van der Waals surface area contributed by atoms with E-state index in [0.29, 0.717) is 5.56 Å². The fourth-order valence-corrected chi connectivity index (χ4v) is 1.86. The van der Waals surface area contributed by atoms with Gasteiger partial charge in [-0.2, -0.15) is 0 Å². The van der Waals surface area contributed by atoms with Gasteiger partial charge in [0.2, 0.25) is 11.8 Å². The molecule has 0 spiro atoms. The number of hydrogen-bond donors (Lipinski definition) is 1. The molecule has 1 saturated heterocycles. The molecule has 0 aromatic heterocycles. The number of nitrogens with zero attached hydrogens (tertiary/aromatic N) is 1. The number of likely N-dealkylation sites (N-methyl/N-ethyl adjacent to an activating group) is 1. The van der Waals surface area contributed by atoms with Gasteiger partial charge in [0.25, 0.3) is 0 Å². The van der Waals surface area contributed by atoms with E-state index < -0.39 is 23.3 Å². The van der Waals surface area contributed by atoms with Gasteiger partial charge < -0.3 is 0 Å². The predicted molar refractivity (Wildman–Crippen MR) is 60.1 cm³/mol. The van der Waals surface area contributed by atoms with Crippen molar-refractivity contribution in [2.24, 2.45) is 0 Å². The maximum Gasteiger partial charge on any atom is 0.330 e. The standard InChI is InChI=1S/C12H12N2O3/c1-12(8-6-4-3-5-7-8)9(15)13-11(17)14(2)10(12)16/h3-7H,1-2H3,(H,13,15,17). The zero-order valence-corrected chi connectivity index (χ0v) is 9.56. The first-order valence-corrected chi connectivity index (χ1v) is 5.17. The Labute approximate surface area is 98.4 Å². The molecule has 0 radical (unpaired) electrons. The molecule has 1 atom stereocenters. The van der Waals surface area contributed by atoms with Crippen molar-refractivity contribution in [1.29, 1.82) is 0 Å². The molecule has 1 aliphatic rings. The molecule has 1 N–H and O–H groups in total. The fourth-order valence-electron chi connectivity index (χ4n) is 1.86. The number of benzene rings is 1. The number of imide groups is 2. The number of nitrogens with one attached hydrogen (secondary N) is 1. The topological polar surface area (TPSA) is 66.5 Å². The van der Waals surface area contributed by atoms with Crippen LogP contribution in [0.1, 0.15) is 12.5 Å². The average Bonchev–Trinajstić information content (AvgIpc) is 2.35. The monoisotopic (exact) mass is 232 g/mol. The molecule has 1 aromatic carbocycles. The second-order valence-electron chi connectivity index (χ2n) is 4.11. The summed E-state index contributed by atoms with van der Waals surface area (Å²) in [5.41, 5.74) is -0.772. The smallest absolute Gasteiger partial charge is 0.276 e. The van der Waals surface area contributed by atoms with Crippen LogP contribution in [0.2, 0.25) is 0 Å². The molecule has 5 nitrogen and oxygen atoms in total. The van der Waals surface area contributed by atoms with E-state index in [1.807, 2.05) is 0 Å². The van der Waals surface area contributed by atoms with Gasteiger partial charge >= 0.3 is 6.03 Å². The van der Waals surface area contributed by atoms with Gasteiger partial charge in [-0.25, -0.2) is 4.79 Å². The van der Waals surface area contributed by atoms with Crippen LogP contribution in [0.4, 0.5) is 4.79 Å². The summed E-state index contributed by atoms with van der Waals surface area (Å²) in [7, 11) is 1.35. The predicted octanol–water partition coefficient (Wildman–Crippen LogP) is 0.653. The van der Waals surface area contributed by atoms with Crippen molar-refractivity contribution >= 4 is 17.8 Å². The summed E-state index contributed by atoms with van der Waals surface area (Å²) in [6.45, 7) is 1.52. The molecule has 0 bridgehead atoms. The molecule has 1 aromatic rings. The van der Waals surface area contributed by atoms with Crippen molar-refractivity contribution in [3.8, 4) is 0 Å². The summed E-state index contributed by atoms with van der Waals surface area (Å²) >= 11 is 0. The van der Waals surface area contributed by atoms with Crippen molar-refractivity contribution < 1.29 is 14.4 Å². The van der Waals surface area contributed by atoms with Crippen LogP contribution in [0.3, 0.4) is 0 Å². The highest BCUT2D eigenvalue weighted by molar-refractivity contribution is 6.22. The third-order valence-corrected chi connectivity index (χ3v) is 3.06. The maximum absolute atomic E-state index is 12.1. The zero-order chi connectivity index (χ0) is 12.6. The zero-order valence-electron chi connectivity index (χ0n) is 9.56. The average molecular weight is 232 g/mol. The second kappa shape index (κ2) is 3.69. The molecule has 88 valence electrons. The summed E-state index contributed by atoms with van der Waals surface area (Å²) in [5, 5.41) is 2.18. The lowest BCUT2D eigenvalue weighted by Crippen LogP contribution is -2.63. The van der Waals surface area contributed by atoms with Gasteiger partial charge in [0.15, 0.2) is 5.41 Å². The molecule has 2 rings (SSSR count). The third kappa shape index (κ3) is 1.51. The molecule has 17 heavy (non-hydrogen) atoms. The second-order valence-corrected chi connectivity index (χ2v) is 4.11. The lowest BCUT2D eigenvalue weighted by Gasteiger charge is -2.35. The molecular formula is C12H12N2O3. The van der Waals surface area contributed by atoms with Gasteiger partial charge in [0, 0.05) is 7.05 Å². The van der Waals surface area contributed by atoms with Gasteiger partial charge in [0.05, 0.1) is 0 Å². The number of hydrogen-bond acceptors (Lipinski definition) is 3. The molecule has 1 heterocycles. The quantitative estimate of drug-likeness (QED) is 0.723. The van der Waals surface area contributed by atoms with Crippen LogP contribution in [-0.4, -0.2) is 29.8 Å². The minimum Gasteiger partial charge on any atom is -0.276 e. The van der Waals surface area contributed by atoms with E-state index in [1.165, 1.54) is 14.0 Å². The van der Waals surface area contributed by atoms with Gasteiger partial charge in [-0.3, -0.25) is 19.8 Å². The van der Waals surface area contributed by atoms with Gasteiger partial charge in [0.1, 0.15) is 0 Å². The lowest BCUT2D eigenvalue weighted by molar-refractivity contribution is -0.143. The lowest BCUT2D eigenvalue weighted by atomic mass is 9.79. The van der Waals surface area contributed by atoms with Crippen LogP contribution >= 0.6 is 0 Å². The van der Waals surface area contributed by atoms with Crippen molar-refractivity contribution in [2.75, 3.05) is 7.05 Å². The molecule has 1 unspecified atom stereocenters. The first kappa shape index (κ1) is 11.3. The van der Waals surface area contributed by atoms with Crippen LogP contribution in [0.15, 0.2) is 30.3 Å². The number of amides is 4. The summed E-state index contributed by atoms with van der Waals surface area (Å²) < 4.78 is 0. The van der Waals surface area contributed by atoms with Crippen molar-refractivity contribution in [1.82, 2.24) is 10.2 Å². The Kier molecular flexibility index (Phi) is 2.46. The largest absolute Gasteiger partial charge is 0.330 e. The van der Waals surface area contributed by atoms with E-state index in [2.05, 4.69) is 5.32 Å². The number of urea groups is 1. The van der Waals surface area contributed by atoms with E-state index in [0.717, 1.165) is 4.90 Å². The highest BCUT2D eigenvalue weighted by atomic mass is 16.2. The number of rotatable bonds is 1. The molecule has 4 amide bonds. The highest BCUT2D eigenvalue weighted by Gasteiger charge is 2.50. The normalized spacial score (nSPS) is 24.8. The molecule has 5 heteroatoms. The molecule has 0 aliphatic carbocycles. The van der Waals surface area contributed by atoms with Crippen LogP contribution in [0.25, 0.3) is 0 Å². The molecule has 1 fully saturated rings. The first-order valence-electron chi connectivity index (χ1n) is 5.17. The van der Waals surface area contributed by atoms with E-state index in [1.54, 1.807) is 30.3 Å². The van der Waals surface area contributed by atoms with Gasteiger partial charge in [-0.05, 0) is 12.5 Å². The number of carbonyl (C=O) groups excluding carboxylic acids is 3. The summed E-state index contributed by atoms with van der Waals surface area (Å²) in [6, 6.07) is 8.00. The van der Waals surface area contributed by atoms with Crippen LogP contribution in [0.5, 0.6) is 0 Å². The van der Waals surface area contributed by atoms with Crippen molar-refractivity contribution in [3.05, 3.63) is 35.9 Å². The van der Waals surface area contributed by atoms with Crippen molar-refractivity contribution in [2.45, 2.75) is 12.3 Å². The van der Waals surface area contributed by atoms with E-state index in [4.69, 9.17) is 0 Å². The Hall–Kier alpha value is -2.17. The minimum atomic E-state index is -1.34. The Morgan fingerprint density at radius 3 is 2.29 bits per heavy atom. The van der Waals surface area contributed by atoms with Gasteiger partial charge in [-0.1, -0.05) is 30.3 Å². The van der Waals surface area contributed by atoms with E-state index in [9.17, 15) is 14.4 Å². The number of carbonyl (C=O) groups is 3. The van der Waals surface area contributed by atoms with Crippen LogP contribution < -0.4 is 5.32 Å². The summed E-state index contributed by atoms with van der Waals surface area (Å²) in [6.07, 6.45) is 0. The van der Waals surface area contributed by atoms with E-state index >= 15 is 0 Å². The third-order valence-electron chi connectivity index (χ3n) is 3.06. The molecular weight excluding hydrogens is 220 g/mol. The summed E-state index contributed by atoms with van der Waals surface area (Å²) in [4.78, 5) is 36.2. The molecule has 0 saturated carbocycles. The fraction of sp³-hybridized carbons (Fsp3) is 0.250. The SMILES string of the molecule is CN1C(=O)NC(=O)C(C)(c2ccccc2)C1=O. The Morgan fingerprint density at radius 1 is 1.12 bits per heavy atom. The van der Waals surface area contributed by atoms with Crippen LogP contribution in [0, 0.1) is 0 Å². The Bertz CT molecular complexity index is 498. The Balaban J connectivity index is 2.52. The molecule has 1 aliphatic heterocycles. The van der Waals surface area contributed by atoms with Crippen LogP contribution in [-0.2, 0) is 15.0 Å². The van der Waals surface area contributed by atoms with Crippen molar-refractivity contribution in [3.63, 3.8) is 0 Å². The minimum absolute atomic E-state index is 0.516. The first-order chi connectivity index (χ1) is 7.98. The number of barbiturate groups is 1. The summed E-state index contributed by atoms with van der Waals surface area (Å²) in [5.74, 6) is -1.10. The maximum atomic E-state index is 12.1. The van der Waals surface area contributed by atoms with E-state index in [-0.39, 0.29) is 0 Å². The highest BCUT2D eigenvalue weighted by Crippen LogP contribution is 2.28. The Morgan fingerprint density at radius 2 is 1.71 bits per heavy atom.